The molecule has 0 bridgehead atoms. The first-order chi connectivity index (χ1) is 9.37. The minimum Gasteiger partial charge on any atom is -0.378 e. The Bertz CT molecular complexity index is 571. The number of fused-ring (bicyclic) bond motifs is 1. The number of anilines is 2. The molecular formula is C15H19ClN2O2. The Morgan fingerprint density at radius 1 is 1.45 bits per heavy atom. The van der Waals surface area contributed by atoms with Gasteiger partial charge in [-0.15, -0.1) is 0 Å². The number of nitrogens with zero attached hydrogens (tertiary/aromatic N) is 1. The summed E-state index contributed by atoms with van der Waals surface area (Å²) in [7, 11) is 0. The highest BCUT2D eigenvalue weighted by molar-refractivity contribution is 6.33. The predicted molar refractivity (Wildman–Crippen MR) is 80.3 cm³/mol. The molecule has 1 saturated heterocycles. The van der Waals surface area contributed by atoms with Gasteiger partial charge in [-0.2, -0.15) is 0 Å². The van der Waals surface area contributed by atoms with Crippen LogP contribution in [0.15, 0.2) is 12.1 Å². The van der Waals surface area contributed by atoms with Crippen LogP contribution in [0.3, 0.4) is 0 Å². The molecule has 1 atom stereocenters. The molecule has 3 rings (SSSR count). The number of rotatable bonds is 1. The van der Waals surface area contributed by atoms with Gasteiger partial charge in [-0.25, -0.2) is 0 Å². The second-order valence-electron chi connectivity index (χ2n) is 6.47. The van der Waals surface area contributed by atoms with Crippen LogP contribution in [0.25, 0.3) is 0 Å². The van der Waals surface area contributed by atoms with Gasteiger partial charge < -0.3 is 15.3 Å². The van der Waals surface area contributed by atoms with Gasteiger partial charge in [0.15, 0.2) is 6.10 Å². The minimum atomic E-state index is -1.10. The lowest BCUT2D eigenvalue weighted by molar-refractivity contribution is -0.123. The van der Waals surface area contributed by atoms with Crippen molar-refractivity contribution in [2.75, 3.05) is 23.3 Å². The summed E-state index contributed by atoms with van der Waals surface area (Å²) in [5, 5.41) is 13.1. The number of hydrogen-bond acceptors (Lipinski definition) is 3. The monoisotopic (exact) mass is 294 g/mol. The number of halogens is 1. The fourth-order valence-corrected chi connectivity index (χ4v) is 3.42. The third-order valence-electron chi connectivity index (χ3n) is 4.16. The van der Waals surface area contributed by atoms with Crippen LogP contribution in [0.2, 0.25) is 5.02 Å². The van der Waals surface area contributed by atoms with E-state index < -0.39 is 6.10 Å². The van der Waals surface area contributed by atoms with Crippen molar-refractivity contribution in [1.29, 1.82) is 0 Å². The Morgan fingerprint density at radius 3 is 2.90 bits per heavy atom. The third kappa shape index (κ3) is 2.27. The van der Waals surface area contributed by atoms with Gasteiger partial charge >= 0.3 is 0 Å². The van der Waals surface area contributed by atoms with Crippen molar-refractivity contribution in [3.63, 3.8) is 0 Å². The number of piperidine rings is 1. The van der Waals surface area contributed by atoms with Crippen molar-refractivity contribution in [3.8, 4) is 0 Å². The molecular weight excluding hydrogens is 276 g/mol. The zero-order chi connectivity index (χ0) is 14.5. The zero-order valence-electron chi connectivity index (χ0n) is 11.7. The van der Waals surface area contributed by atoms with Crippen LogP contribution in [-0.2, 0) is 4.79 Å². The van der Waals surface area contributed by atoms with Crippen molar-refractivity contribution in [2.24, 2.45) is 5.41 Å². The lowest BCUT2D eigenvalue weighted by atomic mass is 9.84. The maximum Gasteiger partial charge on any atom is 0.257 e. The molecule has 0 saturated carbocycles. The second-order valence-corrected chi connectivity index (χ2v) is 6.88. The van der Waals surface area contributed by atoms with Crippen LogP contribution in [0.5, 0.6) is 0 Å². The van der Waals surface area contributed by atoms with Crippen LogP contribution in [-0.4, -0.2) is 24.1 Å². The van der Waals surface area contributed by atoms with Gasteiger partial charge in [0.25, 0.3) is 5.91 Å². The van der Waals surface area contributed by atoms with Crippen molar-refractivity contribution >= 4 is 28.9 Å². The number of nitrogens with one attached hydrogen (secondary N) is 1. The molecule has 0 aromatic heterocycles. The van der Waals surface area contributed by atoms with Crippen LogP contribution < -0.4 is 10.2 Å². The molecule has 2 N–H and O–H groups in total. The summed E-state index contributed by atoms with van der Waals surface area (Å²) in [6, 6.07) is 3.59. The van der Waals surface area contributed by atoms with Gasteiger partial charge in [0.2, 0.25) is 0 Å². The largest absolute Gasteiger partial charge is 0.378 e. The SMILES string of the molecule is CC1(C)CCCN(c2cc3c(cc2Cl)C(O)C(=O)N3)C1. The minimum absolute atomic E-state index is 0.267. The lowest BCUT2D eigenvalue weighted by Gasteiger charge is -2.40. The summed E-state index contributed by atoms with van der Waals surface area (Å²) >= 11 is 6.36. The Hall–Kier alpha value is -1.26. The van der Waals surface area contributed by atoms with Crippen LogP contribution in [0.4, 0.5) is 11.4 Å². The molecule has 0 aliphatic carbocycles. The van der Waals surface area contributed by atoms with Crippen LogP contribution >= 0.6 is 11.6 Å². The Kier molecular flexibility index (Phi) is 3.18. The highest BCUT2D eigenvalue weighted by Crippen LogP contribution is 2.41. The predicted octanol–water partition coefficient (Wildman–Crippen LogP) is 2.95. The highest BCUT2D eigenvalue weighted by atomic mass is 35.5. The molecule has 2 aliphatic rings. The summed E-state index contributed by atoms with van der Waals surface area (Å²) in [5.41, 5.74) is 2.45. The quantitative estimate of drug-likeness (QED) is 0.837. The van der Waals surface area contributed by atoms with Gasteiger partial charge in [0, 0.05) is 24.3 Å². The molecule has 1 aromatic rings. The van der Waals surface area contributed by atoms with E-state index in [9.17, 15) is 9.90 Å². The molecule has 5 heteroatoms. The summed E-state index contributed by atoms with van der Waals surface area (Å²) < 4.78 is 0. The molecule has 20 heavy (non-hydrogen) atoms. The van der Waals surface area contributed by atoms with E-state index in [2.05, 4.69) is 24.1 Å². The summed E-state index contributed by atoms with van der Waals surface area (Å²) in [6.45, 7) is 6.43. The van der Waals surface area contributed by atoms with E-state index in [4.69, 9.17) is 11.6 Å². The van der Waals surface area contributed by atoms with Crippen molar-refractivity contribution in [3.05, 3.63) is 22.7 Å². The number of hydrogen-bond donors (Lipinski definition) is 2. The van der Waals surface area contributed by atoms with Gasteiger partial charge in [-0.3, -0.25) is 4.79 Å². The Balaban J connectivity index is 1.96. The summed E-state index contributed by atoms with van der Waals surface area (Å²) in [4.78, 5) is 13.8. The fourth-order valence-electron chi connectivity index (χ4n) is 3.13. The molecule has 1 unspecified atom stereocenters. The van der Waals surface area contributed by atoms with E-state index in [1.807, 2.05) is 6.07 Å². The molecule has 1 amide bonds. The normalized spacial score (nSPS) is 24.5. The van der Waals surface area contributed by atoms with E-state index in [0.717, 1.165) is 25.2 Å². The Labute approximate surface area is 123 Å². The molecule has 108 valence electrons. The molecule has 0 spiro atoms. The van der Waals surface area contributed by atoms with E-state index in [0.29, 0.717) is 16.3 Å². The van der Waals surface area contributed by atoms with Gasteiger partial charge in [0.05, 0.1) is 10.7 Å². The van der Waals surface area contributed by atoms with Gasteiger partial charge in [-0.05, 0) is 30.4 Å². The maximum absolute atomic E-state index is 11.5. The fraction of sp³-hybridized carbons (Fsp3) is 0.533. The molecule has 2 aliphatic heterocycles. The molecule has 2 heterocycles. The first kappa shape index (κ1) is 13.7. The van der Waals surface area contributed by atoms with Crippen LogP contribution in [0.1, 0.15) is 38.4 Å². The second kappa shape index (κ2) is 4.64. The van der Waals surface area contributed by atoms with Crippen molar-refractivity contribution < 1.29 is 9.90 Å². The van der Waals surface area contributed by atoms with Crippen molar-refractivity contribution in [1.82, 2.24) is 0 Å². The number of carbonyl (C=O) groups is 1. The Morgan fingerprint density at radius 2 is 2.20 bits per heavy atom. The maximum atomic E-state index is 11.5. The summed E-state index contributed by atoms with van der Waals surface area (Å²) in [6.07, 6.45) is 1.24. The number of carbonyl (C=O) groups excluding carboxylic acids is 1. The van der Waals surface area contributed by atoms with Gasteiger partial charge in [0.1, 0.15) is 0 Å². The van der Waals surface area contributed by atoms with Crippen molar-refractivity contribution in [2.45, 2.75) is 32.8 Å². The molecule has 0 radical (unpaired) electrons. The van der Waals surface area contributed by atoms with E-state index in [1.54, 1.807) is 6.07 Å². The highest BCUT2D eigenvalue weighted by Gasteiger charge is 2.32. The standard InChI is InChI=1S/C15H19ClN2O2/c1-15(2)4-3-5-18(8-15)12-7-11-9(6-10(12)16)13(19)14(20)17-11/h6-7,13,19H,3-5,8H2,1-2H3,(H,17,20). The zero-order valence-corrected chi connectivity index (χ0v) is 12.5. The smallest absolute Gasteiger partial charge is 0.257 e. The number of aliphatic hydroxyl groups is 1. The van der Waals surface area contributed by atoms with E-state index in [-0.39, 0.29) is 11.3 Å². The van der Waals surface area contributed by atoms with E-state index >= 15 is 0 Å². The summed E-state index contributed by atoms with van der Waals surface area (Å²) in [5.74, 6) is -0.382. The van der Waals surface area contributed by atoms with Crippen LogP contribution in [0, 0.1) is 5.41 Å². The number of benzene rings is 1. The number of aliphatic hydroxyl groups excluding tert-OH is 1. The topological polar surface area (TPSA) is 52.6 Å². The van der Waals surface area contributed by atoms with E-state index in [1.165, 1.54) is 6.42 Å². The lowest BCUT2D eigenvalue weighted by Crippen LogP contribution is -2.40. The first-order valence-electron chi connectivity index (χ1n) is 6.95. The molecule has 1 aromatic carbocycles. The molecule has 1 fully saturated rings. The average molecular weight is 295 g/mol. The third-order valence-corrected chi connectivity index (χ3v) is 4.46. The molecule has 4 nitrogen and oxygen atoms in total. The first-order valence-corrected chi connectivity index (χ1v) is 7.32. The average Bonchev–Trinajstić information content (AvgIpc) is 2.63. The van der Waals surface area contributed by atoms with Gasteiger partial charge in [-0.1, -0.05) is 25.4 Å². The number of amides is 1.